The van der Waals surface area contributed by atoms with E-state index in [1.165, 1.54) is 13.2 Å². The molecule has 1 heterocycles. The lowest BCUT2D eigenvalue weighted by molar-refractivity contribution is -0.301. The maximum Gasteiger partial charge on any atom is 0.330 e. The highest BCUT2D eigenvalue weighted by atomic mass is 28.4. The van der Waals surface area contributed by atoms with Crippen LogP contribution in [0.4, 0.5) is 0 Å². The molecule has 0 bridgehead atoms. The fraction of sp³-hybridized carbons (Fsp3) is 0.833. The van der Waals surface area contributed by atoms with E-state index in [-0.39, 0.29) is 29.3 Å². The smallest absolute Gasteiger partial charge is 0.330 e. The van der Waals surface area contributed by atoms with Crippen molar-refractivity contribution in [2.45, 2.75) is 90.2 Å². The summed E-state index contributed by atoms with van der Waals surface area (Å²) in [5, 5.41) is 0.145. The van der Waals surface area contributed by atoms with Gasteiger partial charge in [0.1, 0.15) is 0 Å². The number of ether oxygens (including phenoxy) is 3. The predicted octanol–water partition coefficient (Wildman–Crippen LogP) is 4.04. The second-order valence-electron chi connectivity index (χ2n) is 8.41. The van der Waals surface area contributed by atoms with Gasteiger partial charge in [0, 0.05) is 12.5 Å². The number of methoxy groups -OCH3 is 1. The van der Waals surface area contributed by atoms with Crippen molar-refractivity contribution in [3.63, 3.8) is 0 Å². The second kappa shape index (κ2) is 7.68. The van der Waals surface area contributed by atoms with Crippen molar-refractivity contribution in [2.75, 3.05) is 7.11 Å². The Morgan fingerprint density at radius 3 is 2.38 bits per heavy atom. The molecule has 6 heteroatoms. The number of hydrogen-bond acceptors (Lipinski definition) is 5. The molecule has 0 N–H and O–H groups in total. The summed E-state index contributed by atoms with van der Waals surface area (Å²) in [5.41, 5.74) is 0. The summed E-state index contributed by atoms with van der Waals surface area (Å²) < 4.78 is 23.1. The summed E-state index contributed by atoms with van der Waals surface area (Å²) >= 11 is 0. The van der Waals surface area contributed by atoms with Crippen molar-refractivity contribution in [1.82, 2.24) is 0 Å². The van der Waals surface area contributed by atoms with Crippen LogP contribution in [0.1, 0.15) is 48.0 Å². The zero-order valence-electron chi connectivity index (χ0n) is 16.6. The first kappa shape index (κ1) is 21.3. The van der Waals surface area contributed by atoms with Crippen LogP contribution in [-0.4, -0.2) is 45.5 Å². The fourth-order valence-corrected chi connectivity index (χ4v) is 3.89. The van der Waals surface area contributed by atoms with Gasteiger partial charge in [-0.15, -0.1) is 0 Å². The van der Waals surface area contributed by atoms with Crippen molar-refractivity contribution in [2.24, 2.45) is 0 Å². The Kier molecular flexibility index (Phi) is 6.83. The van der Waals surface area contributed by atoms with Crippen LogP contribution in [0.15, 0.2) is 12.2 Å². The Labute approximate surface area is 147 Å². The second-order valence-corrected chi connectivity index (χ2v) is 13.2. The summed E-state index contributed by atoms with van der Waals surface area (Å²) in [5.74, 6) is -1.11. The minimum Gasteiger partial charge on any atom is -0.466 e. The lowest BCUT2D eigenvalue weighted by Gasteiger charge is -2.45. The largest absolute Gasteiger partial charge is 0.466 e. The van der Waals surface area contributed by atoms with E-state index in [0.29, 0.717) is 6.42 Å². The van der Waals surface area contributed by atoms with Crippen molar-refractivity contribution in [3.8, 4) is 0 Å². The lowest BCUT2D eigenvalue weighted by Crippen LogP contribution is -2.52. The number of carbonyl (C=O) groups excluding carboxylic acids is 1. The maximum atomic E-state index is 11.3. The Bertz CT molecular complexity index is 465. The third-order valence-electron chi connectivity index (χ3n) is 4.79. The highest BCUT2D eigenvalue weighted by molar-refractivity contribution is 6.74. The molecule has 1 saturated heterocycles. The molecule has 0 spiro atoms. The molecule has 0 saturated carbocycles. The number of esters is 1. The zero-order chi connectivity index (χ0) is 18.8. The van der Waals surface area contributed by atoms with Crippen LogP contribution < -0.4 is 0 Å². The molecule has 1 rings (SSSR count). The molecule has 0 radical (unpaired) electrons. The quantitative estimate of drug-likeness (QED) is 0.422. The predicted molar refractivity (Wildman–Crippen MR) is 97.3 cm³/mol. The normalized spacial score (nSPS) is 26.4. The highest BCUT2D eigenvalue weighted by Gasteiger charge is 2.43. The highest BCUT2D eigenvalue weighted by Crippen LogP contribution is 2.39. The Balaban J connectivity index is 2.82. The first-order chi connectivity index (χ1) is 10.8. The maximum absolute atomic E-state index is 11.3. The van der Waals surface area contributed by atoms with Crippen LogP contribution in [0.25, 0.3) is 0 Å². The molecule has 5 nitrogen and oxygen atoms in total. The van der Waals surface area contributed by atoms with Gasteiger partial charge >= 0.3 is 5.97 Å². The van der Waals surface area contributed by atoms with E-state index in [4.69, 9.17) is 13.9 Å². The van der Waals surface area contributed by atoms with Gasteiger partial charge in [-0.3, -0.25) is 0 Å². The minimum absolute atomic E-state index is 0.0388. The van der Waals surface area contributed by atoms with E-state index in [0.717, 1.165) is 0 Å². The topological polar surface area (TPSA) is 54.0 Å². The van der Waals surface area contributed by atoms with Gasteiger partial charge in [-0.1, -0.05) is 20.8 Å². The molecule has 3 atom stereocenters. The molecule has 0 aromatic heterocycles. The van der Waals surface area contributed by atoms with Crippen LogP contribution in [0.5, 0.6) is 0 Å². The monoisotopic (exact) mass is 358 g/mol. The van der Waals surface area contributed by atoms with Gasteiger partial charge in [-0.25, -0.2) is 4.79 Å². The van der Waals surface area contributed by atoms with Gasteiger partial charge in [0.2, 0.25) is 0 Å². The van der Waals surface area contributed by atoms with Crippen LogP contribution >= 0.6 is 0 Å². The first-order valence-corrected chi connectivity index (χ1v) is 11.5. The van der Waals surface area contributed by atoms with Gasteiger partial charge in [-0.05, 0) is 45.0 Å². The van der Waals surface area contributed by atoms with Crippen LogP contribution in [0.3, 0.4) is 0 Å². The van der Waals surface area contributed by atoms with Crippen LogP contribution in [0.2, 0.25) is 18.1 Å². The zero-order valence-corrected chi connectivity index (χ0v) is 17.6. The lowest BCUT2D eigenvalue weighted by atomic mass is 10.0. The third-order valence-corrected chi connectivity index (χ3v) is 9.37. The van der Waals surface area contributed by atoms with Gasteiger partial charge in [0.15, 0.2) is 14.1 Å². The van der Waals surface area contributed by atoms with E-state index in [1.807, 2.05) is 13.8 Å². The Morgan fingerprint density at radius 2 is 1.88 bits per heavy atom. The van der Waals surface area contributed by atoms with E-state index >= 15 is 0 Å². The number of carbonyl (C=O) groups is 1. The summed E-state index contributed by atoms with van der Waals surface area (Å²) in [6.07, 6.45) is 3.46. The van der Waals surface area contributed by atoms with Crippen molar-refractivity contribution in [3.05, 3.63) is 12.2 Å². The van der Waals surface area contributed by atoms with Crippen molar-refractivity contribution in [1.29, 1.82) is 0 Å². The molecule has 1 fully saturated rings. The van der Waals surface area contributed by atoms with Gasteiger partial charge in [0.25, 0.3) is 0 Å². The van der Waals surface area contributed by atoms with E-state index in [9.17, 15) is 4.79 Å². The average molecular weight is 359 g/mol. The molecule has 0 aromatic rings. The summed E-state index contributed by atoms with van der Waals surface area (Å²) in [7, 11) is -0.515. The third kappa shape index (κ3) is 5.99. The Hall–Kier alpha value is -0.693. The van der Waals surface area contributed by atoms with Crippen LogP contribution in [-0.2, 0) is 23.4 Å². The van der Waals surface area contributed by atoms with E-state index in [2.05, 4.69) is 45.5 Å². The van der Waals surface area contributed by atoms with Gasteiger partial charge in [-0.2, -0.15) is 0 Å². The number of hydrogen-bond donors (Lipinski definition) is 0. The average Bonchev–Trinajstić information content (AvgIpc) is 2.41. The summed E-state index contributed by atoms with van der Waals surface area (Å²) in [6.45, 7) is 17.0. The molecule has 0 aliphatic carbocycles. The van der Waals surface area contributed by atoms with Gasteiger partial charge < -0.3 is 18.6 Å². The molecule has 1 aliphatic heterocycles. The molecular weight excluding hydrogens is 324 g/mol. The fourth-order valence-electron chi connectivity index (χ4n) is 2.46. The standard InChI is InChI=1S/C18H34O5Si/c1-13(23-24(8,9)17(2,3)4)15-12-14(10-11-16(19)20-7)21-18(5,6)22-15/h10-11,13-15H,12H2,1-9H3/b11-10-/t13-,14+,15+/m0/s1. The molecule has 24 heavy (non-hydrogen) atoms. The summed E-state index contributed by atoms with van der Waals surface area (Å²) in [4.78, 5) is 11.3. The molecule has 140 valence electrons. The van der Waals surface area contributed by atoms with Crippen molar-refractivity contribution >= 4 is 14.3 Å². The molecule has 1 aliphatic rings. The first-order valence-electron chi connectivity index (χ1n) is 8.57. The summed E-state index contributed by atoms with van der Waals surface area (Å²) in [6, 6.07) is 0. The Morgan fingerprint density at radius 1 is 1.29 bits per heavy atom. The number of rotatable bonds is 5. The molecule has 0 unspecified atom stereocenters. The molecule has 0 aromatic carbocycles. The minimum atomic E-state index is -1.88. The van der Waals surface area contributed by atoms with Gasteiger partial charge in [0.05, 0.1) is 25.4 Å². The molecule has 0 amide bonds. The SMILES string of the molecule is COC(=O)/C=C\[C@@H]1C[C@H]([C@H](C)O[Si](C)(C)C(C)(C)C)OC(C)(C)O1. The molecular formula is C18H34O5Si. The van der Waals surface area contributed by atoms with Crippen molar-refractivity contribution < 1.29 is 23.4 Å². The van der Waals surface area contributed by atoms with E-state index in [1.54, 1.807) is 6.08 Å². The van der Waals surface area contributed by atoms with E-state index < -0.39 is 14.1 Å². The van der Waals surface area contributed by atoms with Crippen LogP contribution in [0, 0.1) is 0 Å².